The van der Waals surface area contributed by atoms with Crippen molar-refractivity contribution in [3.05, 3.63) is 58.9 Å². The maximum absolute atomic E-state index is 12.2. The van der Waals surface area contributed by atoms with Crippen molar-refractivity contribution in [2.75, 3.05) is 12.4 Å². The number of nitrogens with zero attached hydrogens (tertiary/aromatic N) is 2. The zero-order chi connectivity index (χ0) is 18.5. The highest BCUT2D eigenvalue weighted by Crippen LogP contribution is 2.26. The molecule has 6 nitrogen and oxygen atoms in total. The number of hydrogen-bond acceptors (Lipinski definition) is 5. The zero-order valence-electron chi connectivity index (χ0n) is 14.5. The van der Waals surface area contributed by atoms with Crippen LogP contribution in [0.5, 0.6) is 5.75 Å². The first-order valence-electron chi connectivity index (χ1n) is 8.09. The second-order valence-corrected chi connectivity index (χ2v) is 6.15. The molecule has 0 aliphatic heterocycles. The number of anilines is 1. The number of aromatic nitrogens is 2. The van der Waals surface area contributed by atoms with E-state index in [1.165, 1.54) is 0 Å². The highest BCUT2D eigenvalue weighted by atomic mass is 35.5. The van der Waals surface area contributed by atoms with Gasteiger partial charge in [-0.25, -0.2) is 0 Å². The molecule has 2 aromatic carbocycles. The van der Waals surface area contributed by atoms with E-state index in [9.17, 15) is 4.79 Å². The molecule has 1 N–H and O–H groups in total. The van der Waals surface area contributed by atoms with Gasteiger partial charge >= 0.3 is 0 Å². The van der Waals surface area contributed by atoms with E-state index in [0.717, 1.165) is 5.56 Å². The number of carbonyl (C=O) groups excluding carboxylic acids is 1. The van der Waals surface area contributed by atoms with Gasteiger partial charge in [-0.3, -0.25) is 4.79 Å². The van der Waals surface area contributed by atoms with Crippen LogP contribution in [-0.2, 0) is 11.2 Å². The van der Waals surface area contributed by atoms with Gasteiger partial charge in [0.1, 0.15) is 5.75 Å². The van der Waals surface area contributed by atoms with E-state index in [-0.39, 0.29) is 12.3 Å². The molecule has 0 radical (unpaired) electrons. The first-order chi connectivity index (χ1) is 12.6. The summed E-state index contributed by atoms with van der Waals surface area (Å²) in [7, 11) is 1.56. The Morgan fingerprint density at radius 3 is 2.85 bits per heavy atom. The number of halogens is 1. The fourth-order valence-electron chi connectivity index (χ4n) is 2.46. The molecule has 1 aromatic heterocycles. The lowest BCUT2D eigenvalue weighted by atomic mass is 10.2. The topological polar surface area (TPSA) is 77.2 Å². The summed E-state index contributed by atoms with van der Waals surface area (Å²) in [4.78, 5) is 16.5. The minimum atomic E-state index is -0.161. The van der Waals surface area contributed by atoms with Crippen LogP contribution in [0.2, 0.25) is 5.02 Å². The van der Waals surface area contributed by atoms with Crippen molar-refractivity contribution < 1.29 is 14.1 Å². The maximum Gasteiger partial charge on any atom is 0.227 e. The van der Waals surface area contributed by atoms with Crippen molar-refractivity contribution in [3.63, 3.8) is 0 Å². The molecule has 0 saturated carbocycles. The van der Waals surface area contributed by atoms with Gasteiger partial charge in [0.15, 0.2) is 0 Å². The Balaban J connectivity index is 1.62. The van der Waals surface area contributed by atoms with Crippen molar-refractivity contribution in [2.24, 2.45) is 0 Å². The minimum absolute atomic E-state index is 0.161. The van der Waals surface area contributed by atoms with Crippen LogP contribution in [-0.4, -0.2) is 23.2 Å². The van der Waals surface area contributed by atoms with Crippen molar-refractivity contribution in [3.8, 4) is 17.1 Å². The molecule has 1 heterocycles. The van der Waals surface area contributed by atoms with Crippen LogP contribution in [0.15, 0.2) is 47.0 Å². The molecule has 0 spiro atoms. The largest absolute Gasteiger partial charge is 0.495 e. The van der Waals surface area contributed by atoms with E-state index in [4.69, 9.17) is 20.9 Å². The van der Waals surface area contributed by atoms with Crippen molar-refractivity contribution >= 4 is 23.2 Å². The summed E-state index contributed by atoms with van der Waals surface area (Å²) in [6.07, 6.45) is 0.540. The predicted molar refractivity (Wildman–Crippen MR) is 99.4 cm³/mol. The molecule has 0 bridgehead atoms. The van der Waals surface area contributed by atoms with Gasteiger partial charge in [0, 0.05) is 18.4 Å². The Bertz CT molecular complexity index is 924. The first-order valence-corrected chi connectivity index (χ1v) is 8.46. The third kappa shape index (κ3) is 4.21. The third-order valence-corrected chi connectivity index (χ3v) is 4.11. The van der Waals surface area contributed by atoms with Crippen LogP contribution in [0.25, 0.3) is 11.4 Å². The fourth-order valence-corrected chi connectivity index (χ4v) is 2.68. The Hall–Kier alpha value is -2.86. The number of methoxy groups -OCH3 is 1. The van der Waals surface area contributed by atoms with E-state index >= 15 is 0 Å². The number of ether oxygens (including phenoxy) is 1. The van der Waals surface area contributed by atoms with Crippen LogP contribution in [0, 0.1) is 6.92 Å². The Morgan fingerprint density at radius 2 is 2.08 bits per heavy atom. The lowest BCUT2D eigenvalue weighted by molar-refractivity contribution is -0.116. The lowest BCUT2D eigenvalue weighted by Gasteiger charge is -2.10. The molecule has 0 aliphatic carbocycles. The number of benzene rings is 2. The molecule has 7 heteroatoms. The van der Waals surface area contributed by atoms with E-state index in [0.29, 0.717) is 40.2 Å². The number of carbonyl (C=O) groups is 1. The molecule has 3 aromatic rings. The second kappa shape index (κ2) is 8.01. The maximum atomic E-state index is 12.2. The molecular formula is C19H18ClN3O3. The summed E-state index contributed by atoms with van der Waals surface area (Å²) in [6, 6.07) is 12.8. The van der Waals surface area contributed by atoms with E-state index in [2.05, 4.69) is 15.5 Å². The predicted octanol–water partition coefficient (Wildman–Crippen LogP) is 4.28. The van der Waals surface area contributed by atoms with Gasteiger partial charge in [-0.1, -0.05) is 35.0 Å². The number of nitrogens with one attached hydrogen (secondary N) is 1. The van der Waals surface area contributed by atoms with E-state index < -0.39 is 0 Å². The number of amides is 1. The SMILES string of the molecule is COc1ccc(C)cc1NC(=O)CCc1nc(-c2ccccc2Cl)no1. The van der Waals surface area contributed by atoms with Crippen LogP contribution in [0.3, 0.4) is 0 Å². The van der Waals surface area contributed by atoms with Crippen LogP contribution >= 0.6 is 11.6 Å². The number of rotatable bonds is 6. The van der Waals surface area contributed by atoms with Gasteiger partial charge < -0.3 is 14.6 Å². The Labute approximate surface area is 156 Å². The molecule has 0 unspecified atom stereocenters. The van der Waals surface area contributed by atoms with Crippen molar-refractivity contribution in [1.29, 1.82) is 0 Å². The zero-order valence-corrected chi connectivity index (χ0v) is 15.2. The normalized spacial score (nSPS) is 10.6. The number of aryl methyl sites for hydroxylation is 2. The van der Waals surface area contributed by atoms with Gasteiger partial charge in [0.2, 0.25) is 17.6 Å². The molecule has 0 atom stereocenters. The van der Waals surface area contributed by atoms with Gasteiger partial charge in [-0.15, -0.1) is 0 Å². The molecule has 3 rings (SSSR count). The average Bonchev–Trinajstić information content (AvgIpc) is 3.09. The summed E-state index contributed by atoms with van der Waals surface area (Å²) < 4.78 is 10.5. The Morgan fingerprint density at radius 1 is 1.27 bits per heavy atom. The van der Waals surface area contributed by atoms with Gasteiger partial charge in [0.25, 0.3) is 0 Å². The van der Waals surface area contributed by atoms with Crippen molar-refractivity contribution in [1.82, 2.24) is 10.1 Å². The monoisotopic (exact) mass is 371 g/mol. The second-order valence-electron chi connectivity index (χ2n) is 5.74. The molecule has 0 fully saturated rings. The average molecular weight is 372 g/mol. The van der Waals surface area contributed by atoms with Crippen LogP contribution < -0.4 is 10.1 Å². The summed E-state index contributed by atoms with van der Waals surface area (Å²) in [5.74, 6) is 1.24. The number of hydrogen-bond donors (Lipinski definition) is 1. The summed E-state index contributed by atoms with van der Waals surface area (Å²) in [5, 5.41) is 7.32. The van der Waals surface area contributed by atoms with Crippen LogP contribution in [0.1, 0.15) is 17.9 Å². The minimum Gasteiger partial charge on any atom is -0.495 e. The standard InChI is InChI=1S/C19H18ClN3O3/c1-12-7-8-16(25-2)15(11-12)21-17(24)9-10-18-22-19(23-26-18)13-5-3-4-6-14(13)20/h3-8,11H,9-10H2,1-2H3,(H,21,24). The fraction of sp³-hybridized carbons (Fsp3) is 0.211. The van der Waals surface area contributed by atoms with Crippen LogP contribution in [0.4, 0.5) is 5.69 Å². The molecule has 0 saturated heterocycles. The smallest absolute Gasteiger partial charge is 0.227 e. The highest BCUT2D eigenvalue weighted by Gasteiger charge is 2.13. The van der Waals surface area contributed by atoms with E-state index in [1.54, 1.807) is 13.2 Å². The summed E-state index contributed by atoms with van der Waals surface area (Å²) >= 11 is 6.13. The summed E-state index contributed by atoms with van der Waals surface area (Å²) in [5.41, 5.74) is 2.36. The van der Waals surface area contributed by atoms with Gasteiger partial charge in [-0.2, -0.15) is 4.98 Å². The van der Waals surface area contributed by atoms with E-state index in [1.807, 2.05) is 43.3 Å². The molecule has 26 heavy (non-hydrogen) atoms. The molecule has 1 amide bonds. The Kier molecular flexibility index (Phi) is 5.53. The quantitative estimate of drug-likeness (QED) is 0.699. The highest BCUT2D eigenvalue weighted by molar-refractivity contribution is 6.33. The lowest BCUT2D eigenvalue weighted by Crippen LogP contribution is -2.13. The molecular weight excluding hydrogens is 354 g/mol. The third-order valence-electron chi connectivity index (χ3n) is 3.78. The van der Waals surface area contributed by atoms with Crippen molar-refractivity contribution in [2.45, 2.75) is 19.8 Å². The van der Waals surface area contributed by atoms with Gasteiger partial charge in [-0.05, 0) is 36.8 Å². The first kappa shape index (κ1) is 17.9. The molecule has 0 aliphatic rings. The van der Waals surface area contributed by atoms with Gasteiger partial charge in [0.05, 0.1) is 17.8 Å². The molecule has 134 valence electrons. The summed E-state index contributed by atoms with van der Waals surface area (Å²) in [6.45, 7) is 1.95.